The maximum atomic E-state index is 12.5. The molecule has 2 aromatic rings. The summed E-state index contributed by atoms with van der Waals surface area (Å²) in [7, 11) is 1.53. The fraction of sp³-hybridized carbons (Fsp3) is 0.476. The van der Waals surface area contributed by atoms with Gasteiger partial charge in [0.05, 0.1) is 18.7 Å². The fourth-order valence-electron chi connectivity index (χ4n) is 3.37. The van der Waals surface area contributed by atoms with Gasteiger partial charge in [-0.05, 0) is 38.1 Å². The SMILES string of the molecule is CCOc1c(Cl)cc(C(=O)NCCCN2CCN(c3ncccn3)CC2)cc1OC. The Balaban J connectivity index is 1.42. The quantitative estimate of drug-likeness (QED) is 0.608. The molecule has 0 radical (unpaired) electrons. The molecule has 1 aliphatic rings. The zero-order chi connectivity index (χ0) is 21.3. The molecule has 1 N–H and O–H groups in total. The van der Waals surface area contributed by atoms with Gasteiger partial charge in [-0.2, -0.15) is 0 Å². The Morgan fingerprint density at radius 1 is 1.20 bits per heavy atom. The first-order chi connectivity index (χ1) is 14.6. The van der Waals surface area contributed by atoms with Gasteiger partial charge in [-0.25, -0.2) is 9.97 Å². The molecule has 1 aromatic carbocycles. The zero-order valence-corrected chi connectivity index (χ0v) is 18.2. The molecule has 0 saturated carbocycles. The monoisotopic (exact) mass is 433 g/mol. The molecule has 0 bridgehead atoms. The topological polar surface area (TPSA) is 79.8 Å². The smallest absolute Gasteiger partial charge is 0.251 e. The van der Waals surface area contributed by atoms with E-state index in [9.17, 15) is 4.79 Å². The van der Waals surface area contributed by atoms with Crippen LogP contribution in [0.5, 0.6) is 11.5 Å². The minimum absolute atomic E-state index is 0.177. The van der Waals surface area contributed by atoms with Gasteiger partial charge in [0.25, 0.3) is 5.91 Å². The molecular weight excluding hydrogens is 406 g/mol. The lowest BCUT2D eigenvalue weighted by Gasteiger charge is -2.34. The number of aromatic nitrogens is 2. The molecule has 0 atom stereocenters. The second kappa shape index (κ2) is 11.0. The van der Waals surface area contributed by atoms with Crippen LogP contribution in [-0.2, 0) is 0 Å². The molecule has 1 aromatic heterocycles. The Hall–Kier alpha value is -2.58. The molecule has 1 saturated heterocycles. The van der Waals surface area contributed by atoms with Crippen molar-refractivity contribution in [1.29, 1.82) is 0 Å². The number of ether oxygens (including phenoxy) is 2. The minimum atomic E-state index is -0.177. The lowest BCUT2D eigenvalue weighted by Crippen LogP contribution is -2.47. The normalized spacial score (nSPS) is 14.4. The summed E-state index contributed by atoms with van der Waals surface area (Å²) < 4.78 is 10.8. The van der Waals surface area contributed by atoms with Crippen LogP contribution in [0.3, 0.4) is 0 Å². The molecule has 1 amide bonds. The summed E-state index contributed by atoms with van der Waals surface area (Å²) >= 11 is 6.25. The molecule has 8 nitrogen and oxygen atoms in total. The first kappa shape index (κ1) is 22.1. The Morgan fingerprint density at radius 2 is 1.93 bits per heavy atom. The average Bonchev–Trinajstić information content (AvgIpc) is 2.78. The van der Waals surface area contributed by atoms with E-state index in [-0.39, 0.29) is 5.91 Å². The van der Waals surface area contributed by atoms with E-state index in [1.807, 2.05) is 13.0 Å². The van der Waals surface area contributed by atoms with Crippen molar-refractivity contribution in [2.24, 2.45) is 0 Å². The third kappa shape index (κ3) is 5.73. The van der Waals surface area contributed by atoms with E-state index >= 15 is 0 Å². The van der Waals surface area contributed by atoms with E-state index in [0.29, 0.717) is 35.2 Å². The van der Waals surface area contributed by atoms with E-state index < -0.39 is 0 Å². The zero-order valence-electron chi connectivity index (χ0n) is 17.4. The van der Waals surface area contributed by atoms with Gasteiger partial charge in [0.2, 0.25) is 5.95 Å². The average molecular weight is 434 g/mol. The summed E-state index contributed by atoms with van der Waals surface area (Å²) in [5.41, 5.74) is 0.455. The number of hydrogen-bond acceptors (Lipinski definition) is 7. The summed E-state index contributed by atoms with van der Waals surface area (Å²) in [5, 5.41) is 3.31. The molecule has 30 heavy (non-hydrogen) atoms. The number of hydrogen-bond donors (Lipinski definition) is 1. The number of nitrogens with zero attached hydrogens (tertiary/aromatic N) is 4. The highest BCUT2D eigenvalue weighted by atomic mass is 35.5. The first-order valence-corrected chi connectivity index (χ1v) is 10.5. The highest BCUT2D eigenvalue weighted by Gasteiger charge is 2.19. The molecule has 1 aliphatic heterocycles. The highest BCUT2D eigenvalue weighted by Crippen LogP contribution is 2.36. The van der Waals surface area contributed by atoms with Crippen LogP contribution < -0.4 is 19.7 Å². The third-order valence-electron chi connectivity index (χ3n) is 4.92. The van der Waals surface area contributed by atoms with Crippen molar-refractivity contribution < 1.29 is 14.3 Å². The van der Waals surface area contributed by atoms with Crippen LogP contribution in [-0.4, -0.2) is 73.8 Å². The van der Waals surface area contributed by atoms with Gasteiger partial charge in [0.15, 0.2) is 11.5 Å². The van der Waals surface area contributed by atoms with E-state index in [2.05, 4.69) is 25.1 Å². The lowest BCUT2D eigenvalue weighted by atomic mass is 10.2. The van der Waals surface area contributed by atoms with Gasteiger partial charge in [-0.3, -0.25) is 9.69 Å². The predicted molar refractivity (Wildman–Crippen MR) is 117 cm³/mol. The number of carbonyl (C=O) groups is 1. The third-order valence-corrected chi connectivity index (χ3v) is 5.21. The summed E-state index contributed by atoms with van der Waals surface area (Å²) in [6.45, 7) is 7.57. The second-order valence-corrected chi connectivity index (χ2v) is 7.32. The van der Waals surface area contributed by atoms with E-state index in [0.717, 1.165) is 45.1 Å². The molecule has 9 heteroatoms. The molecule has 0 unspecified atom stereocenters. The molecular formula is C21H28ClN5O3. The molecule has 1 fully saturated rings. The number of halogens is 1. The standard InChI is InChI=1S/C21H28ClN5O3/c1-3-30-19-17(22)14-16(15-18(19)29-2)20(28)23-8-5-9-26-10-12-27(13-11-26)21-24-6-4-7-25-21/h4,6-7,14-15H,3,5,8-13H2,1-2H3,(H,23,28). The number of piperazine rings is 1. The van der Waals surface area contributed by atoms with Gasteiger partial charge in [0, 0.05) is 50.7 Å². The van der Waals surface area contributed by atoms with Crippen molar-refractivity contribution in [2.75, 3.05) is 57.9 Å². The number of nitrogens with one attached hydrogen (secondary N) is 1. The van der Waals surface area contributed by atoms with Gasteiger partial charge < -0.3 is 19.7 Å². The van der Waals surface area contributed by atoms with Gasteiger partial charge in [0.1, 0.15) is 0 Å². The van der Waals surface area contributed by atoms with Crippen LogP contribution in [0.1, 0.15) is 23.7 Å². The van der Waals surface area contributed by atoms with Crippen molar-refractivity contribution in [3.63, 3.8) is 0 Å². The number of anilines is 1. The maximum absolute atomic E-state index is 12.5. The molecule has 0 spiro atoms. The summed E-state index contributed by atoms with van der Waals surface area (Å²) in [6.07, 6.45) is 4.41. The summed E-state index contributed by atoms with van der Waals surface area (Å²) in [6, 6.07) is 5.08. The van der Waals surface area contributed by atoms with Crippen molar-refractivity contribution >= 4 is 23.5 Å². The van der Waals surface area contributed by atoms with Crippen molar-refractivity contribution in [1.82, 2.24) is 20.2 Å². The summed E-state index contributed by atoms with van der Waals surface area (Å²) in [5.74, 6) is 1.52. The van der Waals surface area contributed by atoms with Crippen molar-refractivity contribution in [3.05, 3.63) is 41.2 Å². The Kier molecular flexibility index (Phi) is 8.10. The number of carbonyl (C=O) groups excluding carboxylic acids is 1. The maximum Gasteiger partial charge on any atom is 0.251 e. The lowest BCUT2D eigenvalue weighted by molar-refractivity contribution is 0.0951. The number of benzene rings is 1. The van der Waals surface area contributed by atoms with Crippen LogP contribution in [0.2, 0.25) is 5.02 Å². The fourth-order valence-corrected chi connectivity index (χ4v) is 3.63. The van der Waals surface area contributed by atoms with Crippen LogP contribution in [0.25, 0.3) is 0 Å². The van der Waals surface area contributed by atoms with Crippen LogP contribution >= 0.6 is 11.6 Å². The van der Waals surface area contributed by atoms with Crippen LogP contribution in [0.4, 0.5) is 5.95 Å². The minimum Gasteiger partial charge on any atom is -0.493 e. The Labute approximate surface area is 182 Å². The highest BCUT2D eigenvalue weighted by molar-refractivity contribution is 6.32. The van der Waals surface area contributed by atoms with Crippen molar-refractivity contribution in [2.45, 2.75) is 13.3 Å². The largest absolute Gasteiger partial charge is 0.493 e. The Morgan fingerprint density at radius 3 is 2.60 bits per heavy atom. The summed E-state index contributed by atoms with van der Waals surface area (Å²) in [4.78, 5) is 25.7. The molecule has 162 valence electrons. The predicted octanol–water partition coefficient (Wildman–Crippen LogP) is 2.48. The number of rotatable bonds is 9. The Bertz CT molecular complexity index is 829. The molecule has 0 aliphatic carbocycles. The van der Waals surface area contributed by atoms with Gasteiger partial charge in [-0.15, -0.1) is 0 Å². The first-order valence-electron chi connectivity index (χ1n) is 10.1. The molecule has 3 rings (SSSR count). The van der Waals surface area contributed by atoms with E-state index in [4.69, 9.17) is 21.1 Å². The number of amides is 1. The molecule has 2 heterocycles. The van der Waals surface area contributed by atoms with Crippen LogP contribution in [0.15, 0.2) is 30.6 Å². The van der Waals surface area contributed by atoms with Gasteiger partial charge in [-0.1, -0.05) is 11.6 Å². The van der Waals surface area contributed by atoms with E-state index in [1.54, 1.807) is 24.5 Å². The second-order valence-electron chi connectivity index (χ2n) is 6.91. The van der Waals surface area contributed by atoms with E-state index in [1.165, 1.54) is 7.11 Å². The van der Waals surface area contributed by atoms with Gasteiger partial charge >= 0.3 is 0 Å². The van der Waals surface area contributed by atoms with Crippen molar-refractivity contribution in [3.8, 4) is 11.5 Å². The van der Waals surface area contributed by atoms with Crippen LogP contribution in [0, 0.1) is 0 Å². The number of methoxy groups -OCH3 is 1.